The Bertz CT molecular complexity index is 481. The minimum absolute atomic E-state index is 0.103. The summed E-state index contributed by atoms with van der Waals surface area (Å²) in [6.07, 6.45) is 6.72. The largest absolute Gasteiger partial charge is 0.435 e. The molecule has 3 nitrogen and oxygen atoms in total. The fourth-order valence-corrected chi connectivity index (χ4v) is 1.50. The molecule has 0 bridgehead atoms. The van der Waals surface area contributed by atoms with Crippen LogP contribution in [0.15, 0.2) is 48.6 Å². The maximum Gasteiger partial charge on any atom is 0.387 e. The monoisotopic (exact) mass is 281 g/mol. The van der Waals surface area contributed by atoms with Crippen molar-refractivity contribution in [3.05, 3.63) is 54.1 Å². The topological polar surface area (TPSA) is 29.5 Å². The number of alkyl halides is 2. The Morgan fingerprint density at radius 2 is 1.95 bits per heavy atom. The zero-order valence-corrected chi connectivity index (χ0v) is 11.4. The Hall–Kier alpha value is -2.17. The second-order valence-electron chi connectivity index (χ2n) is 4.10. The summed E-state index contributed by atoms with van der Waals surface area (Å²) < 4.78 is 28.2. The summed E-state index contributed by atoms with van der Waals surface area (Å²) in [5.41, 5.74) is 0.835. The average Bonchev–Trinajstić information content (AvgIpc) is 2.40. The number of hydrogen-bond donors (Lipinski definition) is 0. The minimum Gasteiger partial charge on any atom is -0.435 e. The number of rotatable bonds is 6. The number of carbonyl (C=O) groups excluding carboxylic acids is 1. The molecule has 0 N–H and O–H groups in total. The molecular formula is C15H17F2NO2. The molecule has 5 heteroatoms. The van der Waals surface area contributed by atoms with Crippen LogP contribution in [0.2, 0.25) is 0 Å². The average molecular weight is 281 g/mol. The van der Waals surface area contributed by atoms with Crippen molar-refractivity contribution in [1.82, 2.24) is 4.90 Å². The maximum absolute atomic E-state index is 12.0. The Kier molecular flexibility index (Phi) is 6.43. The Morgan fingerprint density at radius 3 is 2.50 bits per heavy atom. The van der Waals surface area contributed by atoms with Crippen LogP contribution in [0.25, 0.3) is 0 Å². The van der Waals surface area contributed by atoms with E-state index in [9.17, 15) is 13.6 Å². The summed E-state index contributed by atoms with van der Waals surface area (Å²) in [4.78, 5) is 13.2. The van der Waals surface area contributed by atoms with Gasteiger partial charge >= 0.3 is 6.61 Å². The van der Waals surface area contributed by atoms with Crippen molar-refractivity contribution in [2.45, 2.75) is 20.1 Å². The van der Waals surface area contributed by atoms with Gasteiger partial charge in [-0.25, -0.2) is 0 Å². The molecular weight excluding hydrogens is 264 g/mol. The number of amides is 1. The van der Waals surface area contributed by atoms with Crippen LogP contribution in [0.4, 0.5) is 8.78 Å². The van der Waals surface area contributed by atoms with Gasteiger partial charge in [-0.1, -0.05) is 30.4 Å². The molecule has 0 radical (unpaired) electrons. The lowest BCUT2D eigenvalue weighted by atomic mass is 10.2. The third-order valence-electron chi connectivity index (χ3n) is 2.49. The summed E-state index contributed by atoms with van der Waals surface area (Å²) in [5.74, 6) is -0.0262. The van der Waals surface area contributed by atoms with Gasteiger partial charge in [0.1, 0.15) is 5.75 Å². The molecule has 0 spiro atoms. The van der Waals surface area contributed by atoms with Crippen LogP contribution in [0.1, 0.15) is 12.5 Å². The smallest absolute Gasteiger partial charge is 0.387 e. The van der Waals surface area contributed by atoms with Crippen LogP contribution in [0.3, 0.4) is 0 Å². The molecule has 1 amide bonds. The fraction of sp³-hybridized carbons (Fsp3) is 0.267. The molecule has 0 heterocycles. The number of benzene rings is 1. The van der Waals surface area contributed by atoms with E-state index in [0.29, 0.717) is 6.54 Å². The van der Waals surface area contributed by atoms with Crippen molar-refractivity contribution in [3.8, 4) is 5.75 Å². The van der Waals surface area contributed by atoms with Crippen LogP contribution in [-0.2, 0) is 11.3 Å². The van der Waals surface area contributed by atoms with Gasteiger partial charge in [0.15, 0.2) is 0 Å². The SMILES string of the molecule is C/C=C/C=C/C(=O)N(C)Cc1ccc(OC(F)F)cc1. The van der Waals surface area contributed by atoms with E-state index in [2.05, 4.69) is 4.74 Å². The standard InChI is InChI=1S/C15H17F2NO2/c1-3-4-5-6-14(19)18(2)11-12-7-9-13(10-8-12)20-15(16)17/h3-10,15H,11H2,1-2H3/b4-3+,6-5+. The van der Waals surface area contributed by atoms with Gasteiger partial charge in [0, 0.05) is 19.7 Å². The van der Waals surface area contributed by atoms with Crippen molar-refractivity contribution in [1.29, 1.82) is 0 Å². The lowest BCUT2D eigenvalue weighted by molar-refractivity contribution is -0.125. The molecule has 0 atom stereocenters. The Labute approximate surface area is 117 Å². The van der Waals surface area contributed by atoms with E-state index >= 15 is 0 Å². The third-order valence-corrected chi connectivity index (χ3v) is 2.49. The van der Waals surface area contributed by atoms with Gasteiger partial charge < -0.3 is 9.64 Å². The predicted molar refractivity (Wildman–Crippen MR) is 73.5 cm³/mol. The summed E-state index contributed by atoms with van der Waals surface area (Å²) in [6, 6.07) is 6.21. The zero-order chi connectivity index (χ0) is 15.0. The first kappa shape index (κ1) is 15.9. The van der Waals surface area contributed by atoms with Crippen molar-refractivity contribution < 1.29 is 18.3 Å². The van der Waals surface area contributed by atoms with E-state index in [1.165, 1.54) is 23.1 Å². The highest BCUT2D eigenvalue weighted by Gasteiger charge is 2.07. The van der Waals surface area contributed by atoms with E-state index in [1.807, 2.05) is 13.0 Å². The molecule has 0 fully saturated rings. The van der Waals surface area contributed by atoms with Gasteiger partial charge in [-0.15, -0.1) is 0 Å². The van der Waals surface area contributed by atoms with Gasteiger partial charge in [-0.2, -0.15) is 8.78 Å². The van der Waals surface area contributed by atoms with Crippen LogP contribution in [0.5, 0.6) is 5.75 Å². The molecule has 0 saturated carbocycles. The van der Waals surface area contributed by atoms with E-state index < -0.39 is 6.61 Å². The summed E-state index contributed by atoms with van der Waals surface area (Å²) >= 11 is 0. The summed E-state index contributed by atoms with van der Waals surface area (Å²) in [5, 5.41) is 0. The second-order valence-corrected chi connectivity index (χ2v) is 4.10. The first-order chi connectivity index (χ1) is 9.52. The van der Waals surface area contributed by atoms with Crippen LogP contribution in [0, 0.1) is 0 Å². The summed E-state index contributed by atoms with van der Waals surface area (Å²) in [7, 11) is 1.67. The number of halogens is 2. The maximum atomic E-state index is 12.0. The fourth-order valence-electron chi connectivity index (χ4n) is 1.50. The van der Waals surface area contributed by atoms with E-state index in [0.717, 1.165) is 5.56 Å². The lowest BCUT2D eigenvalue weighted by Gasteiger charge is -2.15. The van der Waals surface area contributed by atoms with Crippen LogP contribution in [-0.4, -0.2) is 24.5 Å². The Balaban J connectivity index is 2.57. The molecule has 0 aliphatic rings. The zero-order valence-electron chi connectivity index (χ0n) is 11.4. The highest BCUT2D eigenvalue weighted by Crippen LogP contribution is 2.15. The molecule has 20 heavy (non-hydrogen) atoms. The molecule has 1 aromatic rings. The molecule has 1 aromatic carbocycles. The molecule has 0 aliphatic carbocycles. The van der Waals surface area contributed by atoms with Gasteiger partial charge in [-0.05, 0) is 24.6 Å². The van der Waals surface area contributed by atoms with Gasteiger partial charge in [0.05, 0.1) is 0 Å². The quantitative estimate of drug-likeness (QED) is 0.591. The van der Waals surface area contributed by atoms with Crippen LogP contribution >= 0.6 is 0 Å². The van der Waals surface area contributed by atoms with Gasteiger partial charge in [-0.3, -0.25) is 4.79 Å². The summed E-state index contributed by atoms with van der Waals surface area (Å²) in [6.45, 7) is -0.572. The second kappa shape index (κ2) is 8.09. The van der Waals surface area contributed by atoms with Crippen molar-refractivity contribution in [2.24, 2.45) is 0 Å². The Morgan fingerprint density at radius 1 is 1.30 bits per heavy atom. The molecule has 0 aromatic heterocycles. The van der Waals surface area contributed by atoms with E-state index in [4.69, 9.17) is 0 Å². The number of likely N-dealkylation sites (N-methyl/N-ethyl adjacent to an activating group) is 1. The van der Waals surface area contributed by atoms with Gasteiger partial charge in [0.25, 0.3) is 0 Å². The number of allylic oxidation sites excluding steroid dienone is 3. The minimum atomic E-state index is -2.83. The molecule has 108 valence electrons. The molecule has 0 saturated heterocycles. The highest BCUT2D eigenvalue weighted by molar-refractivity contribution is 5.87. The van der Waals surface area contributed by atoms with Crippen molar-refractivity contribution in [3.63, 3.8) is 0 Å². The van der Waals surface area contributed by atoms with Crippen molar-refractivity contribution >= 4 is 5.91 Å². The number of carbonyl (C=O) groups is 1. The number of hydrogen-bond acceptors (Lipinski definition) is 2. The molecule has 0 unspecified atom stereocenters. The first-order valence-corrected chi connectivity index (χ1v) is 6.11. The van der Waals surface area contributed by atoms with E-state index in [-0.39, 0.29) is 11.7 Å². The third kappa shape index (κ3) is 5.65. The molecule has 0 aliphatic heterocycles. The van der Waals surface area contributed by atoms with Crippen molar-refractivity contribution in [2.75, 3.05) is 7.05 Å². The first-order valence-electron chi connectivity index (χ1n) is 6.11. The number of nitrogens with zero attached hydrogens (tertiary/aromatic N) is 1. The molecule has 1 rings (SSSR count). The van der Waals surface area contributed by atoms with Gasteiger partial charge in [0.2, 0.25) is 5.91 Å². The highest BCUT2D eigenvalue weighted by atomic mass is 19.3. The lowest BCUT2D eigenvalue weighted by Crippen LogP contribution is -2.24. The normalized spacial score (nSPS) is 11.4. The van der Waals surface area contributed by atoms with Crippen LogP contribution < -0.4 is 4.74 Å². The number of ether oxygens (including phenoxy) is 1. The van der Waals surface area contributed by atoms with E-state index in [1.54, 1.807) is 31.3 Å². The predicted octanol–water partition coefficient (Wildman–Crippen LogP) is 3.38.